The second kappa shape index (κ2) is 6.73. The lowest BCUT2D eigenvalue weighted by molar-refractivity contribution is -0.120. The van der Waals surface area contributed by atoms with Crippen LogP contribution in [0.4, 0.5) is 0 Å². The van der Waals surface area contributed by atoms with Gasteiger partial charge >= 0.3 is 0 Å². The first-order valence-electron chi connectivity index (χ1n) is 6.65. The molecule has 2 atom stereocenters. The largest absolute Gasteiger partial charge is 0.465 e. The summed E-state index contributed by atoms with van der Waals surface area (Å²) in [7, 11) is 0. The lowest BCUT2D eigenvalue weighted by Gasteiger charge is -2.33. The first kappa shape index (κ1) is 15.7. The molecule has 1 aromatic rings. The van der Waals surface area contributed by atoms with Crippen LogP contribution in [0.5, 0.6) is 0 Å². The Morgan fingerprint density at radius 1 is 1.37 bits per heavy atom. The Morgan fingerprint density at radius 2 is 2.00 bits per heavy atom. The molecule has 0 saturated heterocycles. The van der Waals surface area contributed by atoms with Gasteiger partial charge in [0.05, 0.1) is 12.6 Å². The molecule has 0 bridgehead atoms. The van der Waals surface area contributed by atoms with Crippen LogP contribution >= 0.6 is 0 Å². The van der Waals surface area contributed by atoms with Crippen molar-refractivity contribution in [3.8, 4) is 0 Å². The minimum absolute atomic E-state index is 0.136. The molecule has 108 valence electrons. The number of aryl methyl sites for hydroxylation is 1. The quantitative estimate of drug-likeness (QED) is 0.782. The van der Waals surface area contributed by atoms with Crippen LogP contribution in [0.25, 0.3) is 0 Å². The molecule has 19 heavy (non-hydrogen) atoms. The zero-order valence-electron chi connectivity index (χ0n) is 12.2. The topological polar surface area (TPSA) is 85.5 Å². The number of carbonyl (C=O) groups excluding carboxylic acids is 1. The van der Waals surface area contributed by atoms with E-state index >= 15 is 0 Å². The SMILES string of the molecule is Cc1ccc(C(C(C)N)N(CC(N)=O)CC(C)C)o1. The van der Waals surface area contributed by atoms with Gasteiger partial charge in [-0.2, -0.15) is 0 Å². The molecule has 0 fully saturated rings. The van der Waals surface area contributed by atoms with Gasteiger partial charge in [-0.05, 0) is 31.9 Å². The van der Waals surface area contributed by atoms with Crippen LogP contribution in [0.2, 0.25) is 0 Å². The molecule has 2 unspecified atom stereocenters. The van der Waals surface area contributed by atoms with Crippen LogP contribution < -0.4 is 11.5 Å². The van der Waals surface area contributed by atoms with Gasteiger partial charge in [-0.25, -0.2) is 0 Å². The summed E-state index contributed by atoms with van der Waals surface area (Å²) >= 11 is 0. The number of hydrogen-bond acceptors (Lipinski definition) is 4. The highest BCUT2D eigenvalue weighted by molar-refractivity contribution is 5.76. The van der Waals surface area contributed by atoms with Gasteiger partial charge < -0.3 is 15.9 Å². The molecule has 0 aliphatic rings. The number of primary amides is 1. The highest BCUT2D eigenvalue weighted by Gasteiger charge is 2.28. The number of hydrogen-bond donors (Lipinski definition) is 2. The average molecular weight is 267 g/mol. The van der Waals surface area contributed by atoms with Crippen LogP contribution in [0.15, 0.2) is 16.5 Å². The van der Waals surface area contributed by atoms with E-state index in [0.29, 0.717) is 5.92 Å². The number of rotatable bonds is 7. The summed E-state index contributed by atoms with van der Waals surface area (Å²) in [5, 5.41) is 0. The Labute approximate surface area is 114 Å². The number of nitrogens with zero attached hydrogens (tertiary/aromatic N) is 1. The van der Waals surface area contributed by atoms with E-state index in [2.05, 4.69) is 13.8 Å². The first-order valence-corrected chi connectivity index (χ1v) is 6.65. The summed E-state index contributed by atoms with van der Waals surface area (Å²) in [4.78, 5) is 13.3. The van der Waals surface area contributed by atoms with Crippen molar-refractivity contribution in [1.82, 2.24) is 4.90 Å². The van der Waals surface area contributed by atoms with Crippen molar-refractivity contribution in [2.75, 3.05) is 13.1 Å². The molecule has 1 aromatic heterocycles. The van der Waals surface area contributed by atoms with Gasteiger partial charge in [0.25, 0.3) is 0 Å². The zero-order valence-corrected chi connectivity index (χ0v) is 12.2. The molecule has 0 saturated carbocycles. The summed E-state index contributed by atoms with van der Waals surface area (Å²) in [5.74, 6) is 1.69. The third kappa shape index (κ3) is 4.69. The van der Waals surface area contributed by atoms with Crippen LogP contribution in [-0.4, -0.2) is 29.9 Å². The minimum Gasteiger partial charge on any atom is -0.465 e. The van der Waals surface area contributed by atoms with Gasteiger partial charge in [-0.15, -0.1) is 0 Å². The number of carbonyl (C=O) groups is 1. The lowest BCUT2D eigenvalue weighted by Crippen LogP contribution is -2.45. The minimum atomic E-state index is -0.352. The predicted molar refractivity (Wildman–Crippen MR) is 75.4 cm³/mol. The van der Waals surface area contributed by atoms with Crippen molar-refractivity contribution in [2.24, 2.45) is 17.4 Å². The fourth-order valence-electron chi connectivity index (χ4n) is 2.33. The molecule has 0 aromatic carbocycles. The highest BCUT2D eigenvalue weighted by Crippen LogP contribution is 2.26. The van der Waals surface area contributed by atoms with Crippen LogP contribution in [0.1, 0.15) is 38.3 Å². The molecule has 1 amide bonds. The molecule has 4 N–H and O–H groups in total. The van der Waals surface area contributed by atoms with Gasteiger partial charge in [0.1, 0.15) is 11.5 Å². The van der Waals surface area contributed by atoms with Crippen LogP contribution in [0, 0.1) is 12.8 Å². The Hall–Kier alpha value is -1.33. The third-order valence-corrected chi connectivity index (χ3v) is 2.90. The molecule has 1 rings (SSSR count). The summed E-state index contributed by atoms with van der Waals surface area (Å²) in [6.45, 7) is 8.93. The van der Waals surface area contributed by atoms with E-state index in [4.69, 9.17) is 15.9 Å². The van der Waals surface area contributed by atoms with Crippen molar-refractivity contribution in [1.29, 1.82) is 0 Å². The predicted octanol–water partition coefficient (Wildman–Crippen LogP) is 1.42. The summed E-state index contributed by atoms with van der Waals surface area (Å²) < 4.78 is 5.68. The maximum Gasteiger partial charge on any atom is 0.231 e. The molecule has 1 heterocycles. The average Bonchev–Trinajstić information content (AvgIpc) is 2.62. The Balaban J connectivity index is 3.00. The molecule has 5 nitrogen and oxygen atoms in total. The smallest absolute Gasteiger partial charge is 0.231 e. The van der Waals surface area contributed by atoms with E-state index in [1.54, 1.807) is 0 Å². The highest BCUT2D eigenvalue weighted by atomic mass is 16.3. The van der Waals surface area contributed by atoms with Crippen molar-refractivity contribution < 1.29 is 9.21 Å². The van der Waals surface area contributed by atoms with Gasteiger partial charge in [0, 0.05) is 12.6 Å². The maximum absolute atomic E-state index is 11.3. The zero-order chi connectivity index (χ0) is 14.6. The summed E-state index contributed by atoms with van der Waals surface area (Å²) in [6, 6.07) is 3.53. The molecular weight excluding hydrogens is 242 g/mol. The summed E-state index contributed by atoms with van der Waals surface area (Å²) in [6.07, 6.45) is 0. The van der Waals surface area contributed by atoms with Crippen molar-refractivity contribution in [2.45, 2.75) is 39.8 Å². The van der Waals surface area contributed by atoms with Gasteiger partial charge in [0.2, 0.25) is 5.91 Å². The molecule has 0 aliphatic carbocycles. The summed E-state index contributed by atoms with van der Waals surface area (Å²) in [5.41, 5.74) is 11.4. The molecule has 5 heteroatoms. The van der Waals surface area contributed by atoms with Gasteiger partial charge in [0.15, 0.2) is 0 Å². The Morgan fingerprint density at radius 3 is 2.37 bits per heavy atom. The van der Waals surface area contributed by atoms with E-state index in [-0.39, 0.29) is 24.5 Å². The second-order valence-corrected chi connectivity index (χ2v) is 5.54. The van der Waals surface area contributed by atoms with Crippen LogP contribution in [0.3, 0.4) is 0 Å². The van der Waals surface area contributed by atoms with Crippen LogP contribution in [-0.2, 0) is 4.79 Å². The molecular formula is C14H25N3O2. The fourth-order valence-corrected chi connectivity index (χ4v) is 2.33. The molecule has 0 aliphatic heterocycles. The van der Waals surface area contributed by atoms with E-state index in [0.717, 1.165) is 18.1 Å². The van der Waals surface area contributed by atoms with E-state index in [9.17, 15) is 4.79 Å². The van der Waals surface area contributed by atoms with E-state index in [1.807, 2.05) is 30.9 Å². The lowest BCUT2D eigenvalue weighted by atomic mass is 10.0. The van der Waals surface area contributed by atoms with Crippen molar-refractivity contribution >= 4 is 5.91 Å². The first-order chi connectivity index (χ1) is 8.81. The second-order valence-electron chi connectivity index (χ2n) is 5.54. The third-order valence-electron chi connectivity index (χ3n) is 2.90. The number of nitrogens with two attached hydrogens (primary N) is 2. The molecule has 0 spiro atoms. The van der Waals surface area contributed by atoms with E-state index < -0.39 is 0 Å². The Bertz CT molecular complexity index is 413. The van der Waals surface area contributed by atoms with Crippen molar-refractivity contribution in [3.63, 3.8) is 0 Å². The van der Waals surface area contributed by atoms with Gasteiger partial charge in [-0.1, -0.05) is 13.8 Å². The maximum atomic E-state index is 11.3. The normalized spacial score (nSPS) is 14.9. The Kier molecular flexibility index (Phi) is 5.57. The molecule has 0 radical (unpaired) electrons. The fraction of sp³-hybridized carbons (Fsp3) is 0.643. The standard InChI is InChI=1S/C14H25N3O2/c1-9(2)7-17(8-13(16)18)14(11(4)15)12-6-5-10(3)19-12/h5-6,9,11,14H,7-8,15H2,1-4H3,(H2,16,18). The van der Waals surface area contributed by atoms with Crippen molar-refractivity contribution in [3.05, 3.63) is 23.7 Å². The number of amides is 1. The monoisotopic (exact) mass is 267 g/mol. The van der Waals surface area contributed by atoms with E-state index in [1.165, 1.54) is 0 Å². The van der Waals surface area contributed by atoms with Gasteiger partial charge in [-0.3, -0.25) is 9.69 Å². The number of furan rings is 1.